The van der Waals surface area contributed by atoms with Gasteiger partial charge in [-0.15, -0.1) is 0 Å². The summed E-state index contributed by atoms with van der Waals surface area (Å²) in [5.41, 5.74) is 1.16. The van der Waals surface area contributed by atoms with E-state index in [1.54, 1.807) is 19.6 Å². The van der Waals surface area contributed by atoms with Crippen molar-refractivity contribution in [1.82, 2.24) is 14.7 Å². The van der Waals surface area contributed by atoms with E-state index in [1.165, 1.54) is 0 Å². The predicted molar refractivity (Wildman–Crippen MR) is 76.2 cm³/mol. The quantitative estimate of drug-likeness (QED) is 0.609. The molecule has 0 bridgehead atoms. The first-order valence-corrected chi connectivity index (χ1v) is 6.04. The average molecular weight is 258 g/mol. The molecule has 0 amide bonds. The Morgan fingerprint density at radius 3 is 2.63 bits per heavy atom. The Hall–Kier alpha value is -2.30. The van der Waals surface area contributed by atoms with Crippen LogP contribution < -0.4 is 4.74 Å². The Balaban J connectivity index is 2.12. The second-order valence-electron chi connectivity index (χ2n) is 4.40. The fourth-order valence-electron chi connectivity index (χ4n) is 1.64. The van der Waals surface area contributed by atoms with Crippen LogP contribution in [0.5, 0.6) is 5.75 Å². The van der Waals surface area contributed by atoms with Crippen molar-refractivity contribution in [1.29, 1.82) is 0 Å². The molecule has 0 aliphatic carbocycles. The van der Waals surface area contributed by atoms with Crippen LogP contribution in [0.4, 0.5) is 5.82 Å². The molecule has 0 saturated carbocycles. The number of methoxy groups -OCH3 is 1. The van der Waals surface area contributed by atoms with E-state index in [2.05, 4.69) is 10.1 Å². The largest absolute Gasteiger partial charge is 0.497 e. The Morgan fingerprint density at radius 2 is 2.00 bits per heavy atom. The number of nitrogens with zero attached hydrogens (tertiary/aromatic N) is 4. The van der Waals surface area contributed by atoms with Crippen LogP contribution in [-0.4, -0.2) is 42.2 Å². The van der Waals surface area contributed by atoms with Gasteiger partial charge < -0.3 is 9.64 Å². The van der Waals surface area contributed by atoms with E-state index in [-0.39, 0.29) is 0 Å². The Kier molecular flexibility index (Phi) is 4.18. The number of aliphatic imine (C=N–C) groups is 1. The summed E-state index contributed by atoms with van der Waals surface area (Å²) in [4.78, 5) is 6.27. The van der Waals surface area contributed by atoms with Gasteiger partial charge in [0.05, 0.1) is 26.2 Å². The van der Waals surface area contributed by atoms with Crippen molar-refractivity contribution in [2.75, 3.05) is 21.2 Å². The van der Waals surface area contributed by atoms with E-state index >= 15 is 0 Å². The molecular formula is C14H18N4O. The lowest BCUT2D eigenvalue weighted by Gasteiger charge is -2.07. The highest BCUT2D eigenvalue weighted by atomic mass is 16.5. The summed E-state index contributed by atoms with van der Waals surface area (Å²) in [6.07, 6.45) is 3.52. The molecule has 0 saturated heterocycles. The van der Waals surface area contributed by atoms with Gasteiger partial charge in [0.15, 0.2) is 5.82 Å². The van der Waals surface area contributed by atoms with E-state index in [0.717, 1.165) is 17.1 Å². The molecule has 2 rings (SSSR count). The molecule has 2 aromatic rings. The zero-order valence-corrected chi connectivity index (χ0v) is 11.4. The Bertz CT molecular complexity index is 543. The molecule has 5 nitrogen and oxygen atoms in total. The standard InChI is InChI=1S/C14H18N4O/c1-17(2)11-15-14-8-9-16-18(14)10-12-4-6-13(19-3)7-5-12/h4-9,11H,10H2,1-3H3/b15-11+. The Labute approximate surface area is 113 Å². The highest BCUT2D eigenvalue weighted by molar-refractivity contribution is 5.58. The van der Waals surface area contributed by atoms with Crippen molar-refractivity contribution in [2.45, 2.75) is 6.54 Å². The van der Waals surface area contributed by atoms with Crippen LogP contribution >= 0.6 is 0 Å². The lowest BCUT2D eigenvalue weighted by Crippen LogP contribution is -2.08. The van der Waals surface area contributed by atoms with E-state index < -0.39 is 0 Å². The maximum atomic E-state index is 5.14. The molecule has 0 atom stereocenters. The summed E-state index contributed by atoms with van der Waals surface area (Å²) in [6.45, 7) is 0.692. The molecule has 0 N–H and O–H groups in total. The zero-order valence-electron chi connectivity index (χ0n) is 11.4. The molecule has 100 valence electrons. The van der Waals surface area contributed by atoms with E-state index in [0.29, 0.717) is 6.54 Å². The molecular weight excluding hydrogens is 240 g/mol. The summed E-state index contributed by atoms with van der Waals surface area (Å²) >= 11 is 0. The zero-order chi connectivity index (χ0) is 13.7. The first kappa shape index (κ1) is 13.1. The van der Waals surface area contributed by atoms with Crippen LogP contribution in [0.3, 0.4) is 0 Å². The van der Waals surface area contributed by atoms with Crippen LogP contribution in [-0.2, 0) is 6.54 Å². The van der Waals surface area contributed by atoms with Gasteiger partial charge in [-0.25, -0.2) is 9.67 Å². The van der Waals surface area contributed by atoms with Crippen molar-refractivity contribution in [3.05, 3.63) is 42.1 Å². The van der Waals surface area contributed by atoms with Gasteiger partial charge >= 0.3 is 0 Å². The molecule has 1 aromatic heterocycles. The number of rotatable bonds is 5. The maximum absolute atomic E-state index is 5.14. The highest BCUT2D eigenvalue weighted by Crippen LogP contribution is 2.15. The van der Waals surface area contributed by atoms with Crippen molar-refractivity contribution in [2.24, 2.45) is 4.99 Å². The first-order chi connectivity index (χ1) is 9.19. The van der Waals surface area contributed by atoms with Crippen LogP contribution in [0.25, 0.3) is 0 Å². The summed E-state index contributed by atoms with van der Waals surface area (Å²) < 4.78 is 7.00. The lowest BCUT2D eigenvalue weighted by molar-refractivity contribution is 0.414. The summed E-state index contributed by atoms with van der Waals surface area (Å²) in [6, 6.07) is 9.84. The normalized spacial score (nSPS) is 10.9. The number of benzene rings is 1. The maximum Gasteiger partial charge on any atom is 0.152 e. The molecule has 1 aromatic carbocycles. The minimum absolute atomic E-state index is 0.692. The topological polar surface area (TPSA) is 42.6 Å². The third kappa shape index (κ3) is 3.58. The van der Waals surface area contributed by atoms with E-state index in [9.17, 15) is 0 Å². The predicted octanol–water partition coefficient (Wildman–Crippen LogP) is 2.16. The second-order valence-corrected chi connectivity index (χ2v) is 4.40. The summed E-state index contributed by atoms with van der Waals surface area (Å²) in [7, 11) is 5.54. The van der Waals surface area contributed by atoms with Crippen LogP contribution in [0, 0.1) is 0 Å². The molecule has 19 heavy (non-hydrogen) atoms. The Morgan fingerprint density at radius 1 is 1.26 bits per heavy atom. The lowest BCUT2D eigenvalue weighted by atomic mass is 10.2. The van der Waals surface area contributed by atoms with Crippen molar-refractivity contribution in [3.8, 4) is 5.75 Å². The van der Waals surface area contributed by atoms with Crippen LogP contribution in [0.15, 0.2) is 41.5 Å². The molecule has 0 radical (unpaired) electrons. The van der Waals surface area contributed by atoms with Gasteiger partial charge in [0.25, 0.3) is 0 Å². The van der Waals surface area contributed by atoms with Gasteiger partial charge in [0.2, 0.25) is 0 Å². The van der Waals surface area contributed by atoms with Crippen molar-refractivity contribution in [3.63, 3.8) is 0 Å². The van der Waals surface area contributed by atoms with Crippen LogP contribution in [0.1, 0.15) is 5.56 Å². The molecule has 0 fully saturated rings. The van der Waals surface area contributed by atoms with Gasteiger partial charge in [0.1, 0.15) is 5.75 Å². The molecule has 0 unspecified atom stereocenters. The van der Waals surface area contributed by atoms with Crippen molar-refractivity contribution >= 4 is 12.2 Å². The third-order valence-electron chi connectivity index (χ3n) is 2.61. The van der Waals surface area contributed by atoms with Gasteiger partial charge in [-0.3, -0.25) is 0 Å². The van der Waals surface area contributed by atoms with Gasteiger partial charge in [-0.05, 0) is 17.7 Å². The van der Waals surface area contributed by atoms with Crippen molar-refractivity contribution < 1.29 is 4.74 Å². The fraction of sp³-hybridized carbons (Fsp3) is 0.286. The minimum Gasteiger partial charge on any atom is -0.497 e. The fourth-order valence-corrected chi connectivity index (χ4v) is 1.64. The number of hydrogen-bond acceptors (Lipinski definition) is 3. The highest BCUT2D eigenvalue weighted by Gasteiger charge is 2.02. The average Bonchev–Trinajstić information content (AvgIpc) is 2.84. The third-order valence-corrected chi connectivity index (χ3v) is 2.61. The van der Waals surface area contributed by atoms with Gasteiger partial charge in [-0.2, -0.15) is 5.10 Å². The molecule has 5 heteroatoms. The molecule has 1 heterocycles. The number of ether oxygens (including phenoxy) is 1. The van der Waals surface area contributed by atoms with E-state index in [4.69, 9.17) is 4.74 Å². The molecule has 0 aliphatic heterocycles. The van der Waals surface area contributed by atoms with E-state index in [1.807, 2.05) is 54.0 Å². The number of hydrogen-bond donors (Lipinski definition) is 0. The smallest absolute Gasteiger partial charge is 0.152 e. The van der Waals surface area contributed by atoms with Crippen LogP contribution in [0.2, 0.25) is 0 Å². The summed E-state index contributed by atoms with van der Waals surface area (Å²) in [5, 5.41) is 4.29. The van der Waals surface area contributed by atoms with Gasteiger partial charge in [-0.1, -0.05) is 12.1 Å². The monoisotopic (exact) mass is 258 g/mol. The molecule has 0 aliphatic rings. The number of aromatic nitrogens is 2. The molecule has 0 spiro atoms. The SMILES string of the molecule is COc1ccc(Cn2nccc2/N=C/N(C)C)cc1. The van der Waals surface area contributed by atoms with Gasteiger partial charge in [0, 0.05) is 20.2 Å². The second kappa shape index (κ2) is 6.04. The first-order valence-electron chi connectivity index (χ1n) is 6.04. The summed E-state index contributed by atoms with van der Waals surface area (Å²) in [5.74, 6) is 1.69. The minimum atomic E-state index is 0.692.